The smallest absolute Gasteiger partial charge is 0.407 e. The van der Waals surface area contributed by atoms with Gasteiger partial charge in [0.25, 0.3) is 0 Å². The predicted molar refractivity (Wildman–Crippen MR) is 118 cm³/mol. The van der Waals surface area contributed by atoms with Crippen LogP contribution in [0.3, 0.4) is 0 Å². The van der Waals surface area contributed by atoms with Crippen LogP contribution in [0.1, 0.15) is 18.2 Å². The monoisotopic (exact) mass is 445 g/mol. The number of methoxy groups -OCH3 is 1. The summed E-state index contributed by atoms with van der Waals surface area (Å²) in [6.07, 6.45) is 0.544. The summed E-state index contributed by atoms with van der Waals surface area (Å²) < 4.78 is 19.6. The van der Waals surface area contributed by atoms with Gasteiger partial charge in [-0.2, -0.15) is 0 Å². The number of aryl methyl sites for hydroxylation is 1. The maximum Gasteiger partial charge on any atom is 0.407 e. The molecule has 0 saturated carbocycles. The summed E-state index contributed by atoms with van der Waals surface area (Å²) in [7, 11) is 1.54. The zero-order valence-corrected chi connectivity index (χ0v) is 18.4. The van der Waals surface area contributed by atoms with Gasteiger partial charge in [0, 0.05) is 39.0 Å². The molecule has 3 amide bonds. The number of anilines is 2. The SMILES string of the molecule is COC[C@]1(C)CN(Cc2ccc(F)c(NC(=O)Nc3ccc(C)nc3)c2)CCN1C(=O)O. The number of carbonyl (C=O) groups excluding carboxylic acids is 1. The minimum absolute atomic E-state index is 0.0592. The van der Waals surface area contributed by atoms with Crippen molar-refractivity contribution in [2.45, 2.75) is 25.9 Å². The van der Waals surface area contributed by atoms with E-state index in [4.69, 9.17) is 4.74 Å². The summed E-state index contributed by atoms with van der Waals surface area (Å²) in [5.74, 6) is -0.550. The zero-order chi connectivity index (χ0) is 23.3. The third-order valence-electron chi connectivity index (χ3n) is 5.40. The molecule has 9 nitrogen and oxygen atoms in total. The molecule has 1 saturated heterocycles. The van der Waals surface area contributed by atoms with E-state index in [1.165, 1.54) is 17.2 Å². The third kappa shape index (κ3) is 5.71. The number of hydrogen-bond acceptors (Lipinski definition) is 5. The molecule has 1 aromatic carbocycles. The number of nitrogens with zero attached hydrogens (tertiary/aromatic N) is 3. The number of hydrogen-bond donors (Lipinski definition) is 3. The van der Waals surface area contributed by atoms with Gasteiger partial charge in [-0.3, -0.25) is 14.8 Å². The summed E-state index contributed by atoms with van der Waals surface area (Å²) in [5.41, 5.74) is 1.48. The van der Waals surface area contributed by atoms with Gasteiger partial charge < -0.3 is 20.5 Å². The highest BCUT2D eigenvalue weighted by Gasteiger charge is 2.40. The van der Waals surface area contributed by atoms with Crippen LogP contribution in [0.2, 0.25) is 0 Å². The second kappa shape index (κ2) is 9.92. The fourth-order valence-electron chi connectivity index (χ4n) is 3.90. The molecule has 1 aliphatic heterocycles. The second-order valence-corrected chi connectivity index (χ2v) is 8.16. The number of urea groups is 1. The van der Waals surface area contributed by atoms with E-state index in [1.54, 1.807) is 31.4 Å². The first-order chi connectivity index (χ1) is 15.2. The van der Waals surface area contributed by atoms with Crippen molar-refractivity contribution < 1.29 is 23.8 Å². The molecule has 32 heavy (non-hydrogen) atoms. The highest BCUT2D eigenvalue weighted by Crippen LogP contribution is 2.25. The van der Waals surface area contributed by atoms with Gasteiger partial charge in [-0.15, -0.1) is 0 Å². The number of nitrogens with one attached hydrogen (secondary N) is 2. The molecule has 2 aromatic rings. The summed E-state index contributed by atoms with van der Waals surface area (Å²) in [6, 6.07) is 7.44. The third-order valence-corrected chi connectivity index (χ3v) is 5.40. The van der Waals surface area contributed by atoms with Crippen molar-refractivity contribution in [3.05, 3.63) is 53.6 Å². The van der Waals surface area contributed by atoms with Crippen LogP contribution in [-0.2, 0) is 11.3 Å². The van der Waals surface area contributed by atoms with E-state index >= 15 is 0 Å². The van der Waals surface area contributed by atoms with E-state index in [1.807, 2.05) is 13.8 Å². The number of piperazine rings is 1. The van der Waals surface area contributed by atoms with Crippen molar-refractivity contribution in [2.75, 3.05) is 44.0 Å². The summed E-state index contributed by atoms with van der Waals surface area (Å²) >= 11 is 0. The average Bonchev–Trinajstić information content (AvgIpc) is 2.72. The van der Waals surface area contributed by atoms with Crippen molar-refractivity contribution in [1.29, 1.82) is 0 Å². The van der Waals surface area contributed by atoms with Crippen molar-refractivity contribution >= 4 is 23.5 Å². The van der Waals surface area contributed by atoms with Crippen LogP contribution in [0.5, 0.6) is 0 Å². The van der Waals surface area contributed by atoms with Crippen molar-refractivity contribution in [3.8, 4) is 0 Å². The minimum atomic E-state index is -0.979. The van der Waals surface area contributed by atoms with Crippen LogP contribution in [0.15, 0.2) is 36.5 Å². The Morgan fingerprint density at radius 1 is 1.25 bits per heavy atom. The van der Waals surface area contributed by atoms with Gasteiger partial charge >= 0.3 is 12.1 Å². The first-order valence-corrected chi connectivity index (χ1v) is 10.2. The predicted octanol–water partition coefficient (Wildman–Crippen LogP) is 3.37. The molecule has 1 atom stereocenters. The number of aromatic nitrogens is 1. The van der Waals surface area contributed by atoms with Gasteiger partial charge in [0.05, 0.1) is 29.7 Å². The minimum Gasteiger partial charge on any atom is -0.465 e. The average molecular weight is 445 g/mol. The Kier molecular flexibility index (Phi) is 7.26. The zero-order valence-electron chi connectivity index (χ0n) is 18.4. The standard InChI is InChI=1S/C22H28FN5O4/c1-15-4-6-17(11-24-15)25-20(29)26-19-10-16(5-7-18(19)23)12-27-8-9-28(21(30)31)22(2,13-27)14-32-3/h4-7,10-11H,8-9,12-14H2,1-3H3,(H,30,31)(H2,25,26,29)/t22-/m0/s1. The van der Waals surface area contributed by atoms with Gasteiger partial charge in [-0.1, -0.05) is 6.07 Å². The van der Waals surface area contributed by atoms with E-state index in [9.17, 15) is 19.1 Å². The molecule has 3 N–H and O–H groups in total. The van der Waals surface area contributed by atoms with E-state index in [0.717, 1.165) is 11.3 Å². The normalized spacial score (nSPS) is 18.9. The molecule has 172 valence electrons. The fraction of sp³-hybridized carbons (Fsp3) is 0.409. The molecule has 3 rings (SSSR count). The Labute approximate surface area is 186 Å². The molecule has 10 heteroatoms. The number of halogens is 1. The largest absolute Gasteiger partial charge is 0.465 e. The summed E-state index contributed by atoms with van der Waals surface area (Å²) in [4.78, 5) is 31.5. The summed E-state index contributed by atoms with van der Waals surface area (Å²) in [5, 5.41) is 14.7. The first kappa shape index (κ1) is 23.4. The number of pyridine rings is 1. The number of ether oxygens (including phenoxy) is 1. The topological polar surface area (TPSA) is 107 Å². The summed E-state index contributed by atoms with van der Waals surface area (Å²) in [6.45, 7) is 5.77. The van der Waals surface area contributed by atoms with Gasteiger partial charge in [0.15, 0.2) is 0 Å². The van der Waals surface area contributed by atoms with Crippen LogP contribution >= 0.6 is 0 Å². The maximum atomic E-state index is 14.3. The van der Waals surface area contributed by atoms with Crippen molar-refractivity contribution in [1.82, 2.24) is 14.8 Å². The fourth-order valence-corrected chi connectivity index (χ4v) is 3.90. The number of benzene rings is 1. The highest BCUT2D eigenvalue weighted by molar-refractivity contribution is 5.99. The van der Waals surface area contributed by atoms with E-state index in [-0.39, 0.29) is 12.3 Å². The van der Waals surface area contributed by atoms with Gasteiger partial charge in [0.2, 0.25) is 0 Å². The Morgan fingerprint density at radius 3 is 2.69 bits per heavy atom. The molecule has 1 aliphatic rings. The quantitative estimate of drug-likeness (QED) is 0.629. The molecule has 0 aliphatic carbocycles. The van der Waals surface area contributed by atoms with Crippen molar-refractivity contribution in [3.63, 3.8) is 0 Å². The van der Waals surface area contributed by atoms with E-state index in [2.05, 4.69) is 20.5 Å². The maximum absolute atomic E-state index is 14.3. The number of rotatable bonds is 6. The molecule has 0 bridgehead atoms. The molecule has 0 unspecified atom stereocenters. The molecule has 1 fully saturated rings. The molecular formula is C22H28FN5O4. The molecular weight excluding hydrogens is 417 g/mol. The Morgan fingerprint density at radius 2 is 2.03 bits per heavy atom. The molecule has 0 spiro atoms. The van der Waals surface area contributed by atoms with E-state index in [0.29, 0.717) is 31.9 Å². The van der Waals surface area contributed by atoms with Gasteiger partial charge in [0.1, 0.15) is 5.82 Å². The molecule has 1 aromatic heterocycles. The van der Waals surface area contributed by atoms with Crippen LogP contribution < -0.4 is 10.6 Å². The van der Waals surface area contributed by atoms with Gasteiger partial charge in [-0.05, 0) is 43.7 Å². The first-order valence-electron chi connectivity index (χ1n) is 10.2. The Bertz CT molecular complexity index is 971. The Balaban J connectivity index is 1.67. The lowest BCUT2D eigenvalue weighted by atomic mass is 9.97. The molecule has 2 heterocycles. The van der Waals surface area contributed by atoms with Crippen LogP contribution in [0.25, 0.3) is 0 Å². The second-order valence-electron chi connectivity index (χ2n) is 8.16. The van der Waals surface area contributed by atoms with E-state index < -0.39 is 23.5 Å². The lowest BCUT2D eigenvalue weighted by Gasteiger charge is -2.47. The lowest BCUT2D eigenvalue weighted by Crippen LogP contribution is -2.64. The highest BCUT2D eigenvalue weighted by atomic mass is 19.1. The van der Waals surface area contributed by atoms with Crippen LogP contribution in [0, 0.1) is 12.7 Å². The van der Waals surface area contributed by atoms with Crippen LogP contribution in [-0.4, -0.2) is 70.9 Å². The van der Waals surface area contributed by atoms with Crippen LogP contribution in [0.4, 0.5) is 25.4 Å². The van der Waals surface area contributed by atoms with Crippen molar-refractivity contribution in [2.24, 2.45) is 0 Å². The number of amides is 3. The number of carboxylic acid groups (broad SMARTS) is 1. The number of carbonyl (C=O) groups is 2. The van der Waals surface area contributed by atoms with Gasteiger partial charge in [-0.25, -0.2) is 14.0 Å². The Hall–Kier alpha value is -3.24. The lowest BCUT2D eigenvalue weighted by molar-refractivity contribution is -0.0283. The molecule has 0 radical (unpaired) electrons.